The molecule has 0 N–H and O–H groups in total. The third kappa shape index (κ3) is 3.73. The van der Waals surface area contributed by atoms with Gasteiger partial charge in [-0.05, 0) is 84.3 Å². The Bertz CT molecular complexity index is 989. The Hall–Kier alpha value is -2.33. The van der Waals surface area contributed by atoms with E-state index in [1.807, 2.05) is 0 Å². The fourth-order valence-electron chi connectivity index (χ4n) is 6.42. The number of fused-ring (bicyclic) bond motifs is 4. The number of carbonyl (C=O) groups is 1. The molecule has 3 fully saturated rings. The third-order valence-electron chi connectivity index (χ3n) is 8.38. The number of carbonyl (C=O) groups excluding carboxylic acids is 1. The van der Waals surface area contributed by atoms with E-state index in [9.17, 15) is 9.90 Å². The normalized spacial score (nSPS) is 28.2. The van der Waals surface area contributed by atoms with Crippen molar-refractivity contribution in [3.05, 3.63) is 59.2 Å². The van der Waals surface area contributed by atoms with Gasteiger partial charge in [0.1, 0.15) is 6.09 Å². The molecular formula is C28H35N2O2-. The van der Waals surface area contributed by atoms with Gasteiger partial charge in [-0.2, -0.15) is 0 Å². The number of hydrogen-bond acceptors (Lipinski definition) is 3. The molecule has 32 heavy (non-hydrogen) atoms. The standard InChI is InChI=1S/C28H36N2O2/c1-4-19-5-7-20(8-6-19)22-9-10-24-23(17-22)11-14-28(2,3)26(24)30(27(31)32)25-18-29-15-12-21(25)13-16-29/h5-10,17,21,25-26H,4,11-16,18H2,1-3H3,(H,31,32)/p-1/t25-,26+/m1/s1. The highest BCUT2D eigenvalue weighted by atomic mass is 16.4. The number of hydrogen-bond donors (Lipinski definition) is 0. The first-order valence-electron chi connectivity index (χ1n) is 12.3. The molecular weight excluding hydrogens is 396 g/mol. The van der Waals surface area contributed by atoms with Gasteiger partial charge in [-0.25, -0.2) is 0 Å². The second-order valence-electron chi connectivity index (χ2n) is 10.7. The summed E-state index contributed by atoms with van der Waals surface area (Å²) in [6.45, 7) is 9.70. The van der Waals surface area contributed by atoms with Gasteiger partial charge in [-0.15, -0.1) is 0 Å². The van der Waals surface area contributed by atoms with Gasteiger partial charge in [0.15, 0.2) is 0 Å². The lowest BCUT2D eigenvalue weighted by Gasteiger charge is -2.56. The van der Waals surface area contributed by atoms with E-state index >= 15 is 0 Å². The smallest absolute Gasteiger partial charge is 0.137 e. The Labute approximate surface area is 192 Å². The summed E-state index contributed by atoms with van der Waals surface area (Å²) in [5.41, 5.74) is 6.13. The molecule has 1 amide bonds. The molecule has 3 aliphatic heterocycles. The lowest BCUT2D eigenvalue weighted by atomic mass is 9.68. The maximum atomic E-state index is 12.6. The van der Waals surface area contributed by atoms with E-state index in [4.69, 9.17) is 0 Å². The molecule has 0 unspecified atom stereocenters. The minimum absolute atomic E-state index is 0.0407. The summed E-state index contributed by atoms with van der Waals surface area (Å²) in [5.74, 6) is 0.454. The summed E-state index contributed by atoms with van der Waals surface area (Å²) in [4.78, 5) is 16.8. The second-order valence-corrected chi connectivity index (χ2v) is 10.7. The van der Waals surface area contributed by atoms with Crippen LogP contribution in [0, 0.1) is 11.3 Å². The van der Waals surface area contributed by atoms with Crippen molar-refractivity contribution in [3.8, 4) is 11.1 Å². The maximum Gasteiger partial charge on any atom is 0.137 e. The summed E-state index contributed by atoms with van der Waals surface area (Å²) in [7, 11) is 0. The Morgan fingerprint density at radius 2 is 1.78 bits per heavy atom. The largest absolute Gasteiger partial charge is 0.530 e. The number of carboxylic acid groups (broad SMARTS) is 1. The molecule has 2 aromatic carbocycles. The molecule has 2 bridgehead atoms. The molecule has 4 nitrogen and oxygen atoms in total. The quantitative estimate of drug-likeness (QED) is 0.707. The van der Waals surface area contributed by atoms with E-state index in [1.54, 1.807) is 4.90 Å². The minimum atomic E-state index is -1.01. The summed E-state index contributed by atoms with van der Waals surface area (Å²) in [5, 5.41) is 12.6. The van der Waals surface area contributed by atoms with Gasteiger partial charge in [-0.3, -0.25) is 0 Å². The zero-order valence-electron chi connectivity index (χ0n) is 19.6. The fourth-order valence-corrected chi connectivity index (χ4v) is 6.42. The molecule has 3 heterocycles. The van der Waals surface area contributed by atoms with Crippen molar-refractivity contribution < 1.29 is 9.90 Å². The number of rotatable bonds is 4. The monoisotopic (exact) mass is 431 g/mol. The molecule has 4 heteroatoms. The van der Waals surface area contributed by atoms with Gasteiger partial charge in [0.2, 0.25) is 0 Å². The zero-order valence-corrected chi connectivity index (χ0v) is 19.6. The summed E-state index contributed by atoms with van der Waals surface area (Å²) < 4.78 is 0. The number of aryl methyl sites for hydroxylation is 2. The van der Waals surface area contributed by atoms with Crippen molar-refractivity contribution in [2.24, 2.45) is 11.3 Å². The summed E-state index contributed by atoms with van der Waals surface area (Å²) in [6.07, 6.45) is 4.20. The van der Waals surface area contributed by atoms with Crippen LogP contribution >= 0.6 is 0 Å². The van der Waals surface area contributed by atoms with Crippen LogP contribution < -0.4 is 5.11 Å². The second kappa shape index (κ2) is 8.22. The molecule has 0 radical (unpaired) electrons. The molecule has 6 rings (SSSR count). The molecule has 1 aliphatic carbocycles. The average Bonchev–Trinajstić information content (AvgIpc) is 2.81. The number of piperidine rings is 3. The van der Waals surface area contributed by atoms with Crippen LogP contribution in [-0.4, -0.2) is 41.6 Å². The van der Waals surface area contributed by atoms with Gasteiger partial charge >= 0.3 is 0 Å². The zero-order chi connectivity index (χ0) is 22.5. The number of amides is 1. The van der Waals surface area contributed by atoms with E-state index < -0.39 is 6.09 Å². The first-order valence-corrected chi connectivity index (χ1v) is 12.3. The van der Waals surface area contributed by atoms with Crippen LogP contribution in [0.25, 0.3) is 11.1 Å². The van der Waals surface area contributed by atoms with Crippen LogP contribution in [0.5, 0.6) is 0 Å². The highest BCUT2D eigenvalue weighted by molar-refractivity contribution is 5.68. The van der Waals surface area contributed by atoms with Crippen LogP contribution in [0.1, 0.15) is 62.8 Å². The Kier molecular flexibility index (Phi) is 5.53. The van der Waals surface area contributed by atoms with Gasteiger partial charge in [0, 0.05) is 12.6 Å². The number of benzene rings is 2. The first-order chi connectivity index (χ1) is 15.4. The summed E-state index contributed by atoms with van der Waals surface area (Å²) >= 11 is 0. The lowest BCUT2D eigenvalue weighted by Crippen LogP contribution is -2.63. The van der Waals surface area contributed by atoms with E-state index in [0.717, 1.165) is 51.7 Å². The lowest BCUT2D eigenvalue weighted by molar-refractivity contribution is -0.277. The molecule has 0 spiro atoms. The molecule has 0 aromatic heterocycles. The molecule has 4 aliphatic rings. The fraction of sp³-hybridized carbons (Fsp3) is 0.536. The van der Waals surface area contributed by atoms with E-state index in [1.165, 1.54) is 27.8 Å². The van der Waals surface area contributed by atoms with Crippen LogP contribution in [0.3, 0.4) is 0 Å². The van der Waals surface area contributed by atoms with Crippen molar-refractivity contribution in [2.45, 2.75) is 65.0 Å². The van der Waals surface area contributed by atoms with Crippen molar-refractivity contribution in [1.29, 1.82) is 0 Å². The van der Waals surface area contributed by atoms with E-state index in [0.29, 0.717) is 5.92 Å². The van der Waals surface area contributed by atoms with Crippen molar-refractivity contribution >= 4 is 6.09 Å². The van der Waals surface area contributed by atoms with Gasteiger partial charge < -0.3 is 19.7 Å². The third-order valence-corrected chi connectivity index (χ3v) is 8.38. The van der Waals surface area contributed by atoms with E-state index in [2.05, 4.69) is 68.1 Å². The Morgan fingerprint density at radius 3 is 2.38 bits per heavy atom. The predicted molar refractivity (Wildman–Crippen MR) is 126 cm³/mol. The van der Waals surface area contributed by atoms with Crippen molar-refractivity contribution in [2.75, 3.05) is 19.6 Å². The average molecular weight is 432 g/mol. The number of nitrogens with zero attached hydrogens (tertiary/aromatic N) is 2. The summed E-state index contributed by atoms with van der Waals surface area (Å²) in [6, 6.07) is 15.4. The van der Waals surface area contributed by atoms with Crippen LogP contribution in [0.2, 0.25) is 0 Å². The van der Waals surface area contributed by atoms with Gasteiger partial charge in [0.25, 0.3) is 0 Å². The molecule has 2 atom stereocenters. The molecule has 3 saturated heterocycles. The van der Waals surface area contributed by atoms with Crippen molar-refractivity contribution in [3.63, 3.8) is 0 Å². The van der Waals surface area contributed by atoms with Crippen LogP contribution in [0.15, 0.2) is 42.5 Å². The van der Waals surface area contributed by atoms with Crippen LogP contribution in [-0.2, 0) is 12.8 Å². The van der Waals surface area contributed by atoms with Gasteiger partial charge in [0.05, 0.1) is 6.04 Å². The maximum absolute atomic E-state index is 12.6. The molecule has 170 valence electrons. The predicted octanol–water partition coefficient (Wildman–Crippen LogP) is 4.67. The topological polar surface area (TPSA) is 46.6 Å². The molecule has 0 saturated carbocycles. The first kappa shape index (κ1) is 21.5. The molecule has 2 aromatic rings. The van der Waals surface area contributed by atoms with E-state index in [-0.39, 0.29) is 17.5 Å². The van der Waals surface area contributed by atoms with Crippen molar-refractivity contribution in [1.82, 2.24) is 9.80 Å². The minimum Gasteiger partial charge on any atom is -0.530 e. The van der Waals surface area contributed by atoms with Gasteiger partial charge in [-0.1, -0.05) is 63.2 Å². The SMILES string of the molecule is CCc1ccc(-c2ccc3c(c2)CCC(C)(C)[C@H]3N(C(=O)[O-])[C@@H]2CN3CCC2CC3)cc1. The Morgan fingerprint density at radius 1 is 1.09 bits per heavy atom. The Balaban J connectivity index is 1.53. The highest BCUT2D eigenvalue weighted by Gasteiger charge is 2.46. The highest BCUT2D eigenvalue weighted by Crippen LogP contribution is 2.50. The van der Waals surface area contributed by atoms with Crippen LogP contribution in [0.4, 0.5) is 4.79 Å².